The summed E-state index contributed by atoms with van der Waals surface area (Å²) in [7, 11) is -2.70. The standard InChI is InChI=1S/C39H51BF2N6O5/c1-28-25-30(3)45-38(28)37(39-29(2)26-31(4)48(39)40(41)42)33-7-11-35(12-8-33)47(44)27-36(43)32-5-9-34(10-6-32)46-13-15-49-17-19-51-21-23-53-24-22-52-20-18-50-16-14-46/h5-12,25-27H,13-24,43-44H2,1-4H3/b36-27-,38-37-. The Kier molecular flexibility index (Phi) is 14.8. The molecule has 14 heteroatoms. The van der Waals surface area contributed by atoms with Crippen molar-refractivity contribution >= 4 is 35.8 Å². The maximum Gasteiger partial charge on any atom is 0.677 e. The molecule has 0 atom stereocenters. The summed E-state index contributed by atoms with van der Waals surface area (Å²) in [6.07, 6.45) is 3.62. The van der Waals surface area contributed by atoms with Crippen LogP contribution in [0.4, 0.5) is 20.0 Å². The predicted octanol–water partition coefficient (Wildman–Crippen LogP) is 5.60. The minimum atomic E-state index is -2.70. The molecule has 53 heavy (non-hydrogen) atoms. The molecule has 0 radical (unpaired) electrons. The van der Waals surface area contributed by atoms with E-state index in [1.165, 1.54) is 5.01 Å². The molecular weight excluding hydrogens is 681 g/mol. The van der Waals surface area contributed by atoms with Crippen LogP contribution < -0.4 is 21.5 Å². The van der Waals surface area contributed by atoms with Crippen molar-refractivity contribution in [3.8, 4) is 0 Å². The van der Waals surface area contributed by atoms with Gasteiger partial charge < -0.3 is 38.8 Å². The molecule has 3 heterocycles. The van der Waals surface area contributed by atoms with Crippen molar-refractivity contribution in [2.75, 3.05) is 89.1 Å². The normalized spacial score (nSPS) is 18.5. The molecule has 1 fully saturated rings. The van der Waals surface area contributed by atoms with Gasteiger partial charge in [-0.25, -0.2) is 5.84 Å². The molecule has 2 aromatic carbocycles. The number of hydrogen-bond acceptors (Lipinski definition) is 10. The van der Waals surface area contributed by atoms with E-state index >= 15 is 0 Å². The van der Waals surface area contributed by atoms with E-state index in [0.717, 1.165) is 38.1 Å². The highest BCUT2D eigenvalue weighted by molar-refractivity contribution is 6.41. The fourth-order valence-electron chi connectivity index (χ4n) is 6.37. The molecule has 0 unspecified atom stereocenters. The Morgan fingerprint density at radius 2 is 1.26 bits per heavy atom. The van der Waals surface area contributed by atoms with Gasteiger partial charge in [0.2, 0.25) is 0 Å². The molecule has 3 aromatic rings. The second-order valence-electron chi connectivity index (χ2n) is 12.9. The van der Waals surface area contributed by atoms with Crippen LogP contribution in [-0.2, 0) is 23.7 Å². The van der Waals surface area contributed by atoms with Gasteiger partial charge in [-0.2, -0.15) is 0 Å². The third-order valence-corrected chi connectivity index (χ3v) is 8.97. The Balaban J connectivity index is 1.29. The predicted molar refractivity (Wildman–Crippen MR) is 208 cm³/mol. The monoisotopic (exact) mass is 732 g/mol. The first kappa shape index (κ1) is 39.9. The smallest absolute Gasteiger partial charge is 0.397 e. The molecule has 0 aliphatic carbocycles. The zero-order chi connectivity index (χ0) is 37.7. The quantitative estimate of drug-likeness (QED) is 0.182. The fraction of sp³-hybridized carbons (Fsp3) is 0.410. The number of anilines is 2. The molecule has 0 bridgehead atoms. The van der Waals surface area contributed by atoms with Crippen molar-refractivity contribution in [1.29, 1.82) is 0 Å². The van der Waals surface area contributed by atoms with Gasteiger partial charge in [0, 0.05) is 47.6 Å². The number of aliphatic imine (C=N–C) groups is 1. The number of rotatable bonds is 7. The van der Waals surface area contributed by atoms with Crippen molar-refractivity contribution in [2.24, 2.45) is 16.6 Å². The molecule has 1 saturated heterocycles. The van der Waals surface area contributed by atoms with Gasteiger partial charge in [-0.05, 0) is 86.4 Å². The first-order valence-electron chi connectivity index (χ1n) is 17.9. The van der Waals surface area contributed by atoms with Gasteiger partial charge in [-0.3, -0.25) is 18.6 Å². The van der Waals surface area contributed by atoms with Crippen LogP contribution in [0.15, 0.2) is 83.1 Å². The van der Waals surface area contributed by atoms with E-state index in [0.29, 0.717) is 113 Å². The number of allylic oxidation sites excluding steroid dienone is 2. The van der Waals surface area contributed by atoms with E-state index in [-0.39, 0.29) is 0 Å². The van der Waals surface area contributed by atoms with Crippen molar-refractivity contribution in [3.63, 3.8) is 0 Å². The summed E-state index contributed by atoms with van der Waals surface area (Å²) in [4.78, 5) is 6.95. The summed E-state index contributed by atoms with van der Waals surface area (Å²) >= 11 is 0. The van der Waals surface area contributed by atoms with E-state index < -0.39 is 7.40 Å². The highest BCUT2D eigenvalue weighted by Gasteiger charge is 2.29. The van der Waals surface area contributed by atoms with Gasteiger partial charge in [0.05, 0.1) is 83.2 Å². The lowest BCUT2D eigenvalue weighted by atomic mass is 9.94. The van der Waals surface area contributed by atoms with Gasteiger partial charge in [-0.1, -0.05) is 24.3 Å². The van der Waals surface area contributed by atoms with E-state index in [9.17, 15) is 8.63 Å². The third kappa shape index (κ3) is 10.9. The first-order valence-corrected chi connectivity index (χ1v) is 17.9. The lowest BCUT2D eigenvalue weighted by Crippen LogP contribution is -2.31. The molecule has 0 saturated carbocycles. The molecule has 11 nitrogen and oxygen atoms in total. The summed E-state index contributed by atoms with van der Waals surface area (Å²) in [5, 5.41) is 1.45. The number of nitrogens with zero attached hydrogens (tertiary/aromatic N) is 4. The molecule has 0 amide bonds. The minimum absolute atomic E-state index is 0.443. The average Bonchev–Trinajstić information content (AvgIpc) is 3.63. The minimum Gasteiger partial charge on any atom is -0.397 e. The number of nitrogens with two attached hydrogens (primary N) is 2. The second kappa shape index (κ2) is 19.7. The maximum absolute atomic E-state index is 14.4. The number of hydrogen-bond donors (Lipinski definition) is 2. The number of aromatic nitrogens is 1. The van der Waals surface area contributed by atoms with Gasteiger partial charge in [0.15, 0.2) is 0 Å². The van der Waals surface area contributed by atoms with Crippen LogP contribution in [0.5, 0.6) is 0 Å². The van der Waals surface area contributed by atoms with Crippen LogP contribution >= 0.6 is 0 Å². The molecule has 0 spiro atoms. The van der Waals surface area contributed by atoms with Crippen LogP contribution in [0, 0.1) is 13.8 Å². The zero-order valence-corrected chi connectivity index (χ0v) is 31.2. The van der Waals surface area contributed by atoms with Crippen molar-refractivity contribution in [1.82, 2.24) is 4.48 Å². The highest BCUT2D eigenvalue weighted by atomic mass is 19.2. The van der Waals surface area contributed by atoms with E-state index in [1.807, 2.05) is 75.4 Å². The van der Waals surface area contributed by atoms with Gasteiger partial charge in [0.1, 0.15) is 0 Å². The van der Waals surface area contributed by atoms with Crippen molar-refractivity contribution in [2.45, 2.75) is 27.7 Å². The molecule has 284 valence electrons. The van der Waals surface area contributed by atoms with Gasteiger partial charge in [0.25, 0.3) is 0 Å². The van der Waals surface area contributed by atoms with Gasteiger partial charge >= 0.3 is 7.40 Å². The molecular formula is C39H51BF2N6O5. The fourth-order valence-corrected chi connectivity index (χ4v) is 6.37. The Morgan fingerprint density at radius 3 is 1.75 bits per heavy atom. The first-order chi connectivity index (χ1) is 25.6. The molecule has 5 rings (SSSR count). The van der Waals surface area contributed by atoms with Crippen LogP contribution in [0.3, 0.4) is 0 Å². The Morgan fingerprint density at radius 1 is 0.755 bits per heavy atom. The van der Waals surface area contributed by atoms with Crippen molar-refractivity contribution < 1.29 is 32.3 Å². The average molecular weight is 733 g/mol. The summed E-state index contributed by atoms with van der Waals surface area (Å²) in [5.41, 5.74) is 14.9. The highest BCUT2D eigenvalue weighted by Crippen LogP contribution is 2.37. The largest absolute Gasteiger partial charge is 0.677 e. The van der Waals surface area contributed by atoms with Crippen LogP contribution in [0.1, 0.15) is 41.9 Å². The number of ether oxygens (including phenoxy) is 5. The Bertz CT molecular complexity index is 1760. The third-order valence-electron chi connectivity index (χ3n) is 8.97. The molecule has 4 N–H and O–H groups in total. The Labute approximate surface area is 311 Å². The Hall–Kier alpha value is -4.31. The van der Waals surface area contributed by atoms with E-state index in [4.69, 9.17) is 40.3 Å². The molecule has 2 aliphatic rings. The SMILES string of the molecule is CC1=CC(C)=N/C1=C(/c1ccc(N(N)/C=C(\N)c2ccc(N3CCOCCOCCOCCOCCOCC3)cc2)cc1)c1c(C)cc(C)n1B(F)F. The van der Waals surface area contributed by atoms with Crippen molar-refractivity contribution in [3.05, 3.63) is 106 Å². The number of benzene rings is 2. The van der Waals surface area contributed by atoms with Gasteiger partial charge in [-0.15, -0.1) is 0 Å². The summed E-state index contributed by atoms with van der Waals surface area (Å²) in [5.74, 6) is 6.48. The summed E-state index contributed by atoms with van der Waals surface area (Å²) in [6.45, 7) is 13.9. The number of halogens is 2. The van der Waals surface area contributed by atoms with E-state index in [2.05, 4.69) is 4.90 Å². The second-order valence-corrected chi connectivity index (χ2v) is 12.9. The number of aryl methyl sites for hydroxylation is 2. The summed E-state index contributed by atoms with van der Waals surface area (Å²) < 4.78 is 58.0. The lowest BCUT2D eigenvalue weighted by molar-refractivity contribution is -0.0116. The number of hydrazine groups is 1. The molecule has 1 aromatic heterocycles. The summed E-state index contributed by atoms with van der Waals surface area (Å²) in [6, 6.07) is 17.1. The zero-order valence-electron chi connectivity index (χ0n) is 31.2. The van der Waals surface area contributed by atoms with Crippen LogP contribution in [0.25, 0.3) is 11.3 Å². The maximum atomic E-state index is 14.4. The van der Waals surface area contributed by atoms with Crippen LogP contribution in [-0.4, -0.2) is 96.8 Å². The lowest BCUT2D eigenvalue weighted by Gasteiger charge is -2.25. The van der Waals surface area contributed by atoms with E-state index in [1.54, 1.807) is 19.2 Å². The van der Waals surface area contributed by atoms with Crippen LogP contribution in [0.2, 0.25) is 0 Å². The topological polar surface area (TPSA) is 122 Å². The molecule has 2 aliphatic heterocycles.